The van der Waals surface area contributed by atoms with Gasteiger partial charge in [-0.1, -0.05) is 277 Å². The number of unbranched alkanes of at least 4 members (excludes halogenated alkanes) is 41. The molecule has 0 aliphatic carbocycles. The molecule has 0 amide bonds. The Morgan fingerprint density at radius 3 is 0.660 bits per heavy atom. The Morgan fingerprint density at radius 1 is 0.260 bits per heavy atom. The average Bonchev–Trinajstić information content (AvgIpc) is 3.12. The molecular weight excluding hydrogens is 609 g/mol. The topological polar surface area (TPSA) is 26.3 Å². The first-order valence-corrected chi connectivity index (χ1v) is 24.0. The monoisotopic (exact) mass is 705 g/mol. The Morgan fingerprint density at radius 2 is 0.440 bits per heavy atom. The van der Waals surface area contributed by atoms with Crippen LogP contribution in [0.5, 0.6) is 0 Å². The van der Waals surface area contributed by atoms with E-state index in [2.05, 4.69) is 13.8 Å². The first-order valence-electron chi connectivity index (χ1n) is 24.0. The first kappa shape index (κ1) is 49.5. The Hall–Kier alpha value is -0.530. The van der Waals surface area contributed by atoms with E-state index in [4.69, 9.17) is 4.74 Å². The lowest BCUT2D eigenvalue weighted by atomic mass is 10.0. The Labute approximate surface area is 317 Å². The fourth-order valence-corrected chi connectivity index (χ4v) is 7.67. The molecule has 2 heteroatoms. The lowest BCUT2D eigenvalue weighted by molar-refractivity contribution is -0.143. The van der Waals surface area contributed by atoms with Crippen LogP contribution in [-0.2, 0) is 9.53 Å². The molecule has 0 aromatic heterocycles. The van der Waals surface area contributed by atoms with Gasteiger partial charge in [0.15, 0.2) is 0 Å². The van der Waals surface area contributed by atoms with Crippen LogP contribution < -0.4 is 0 Å². The highest BCUT2D eigenvalue weighted by molar-refractivity contribution is 5.69. The van der Waals surface area contributed by atoms with Gasteiger partial charge in [-0.15, -0.1) is 0 Å². The smallest absolute Gasteiger partial charge is 0.305 e. The van der Waals surface area contributed by atoms with Crippen LogP contribution in [0, 0.1) is 0 Å². The lowest BCUT2D eigenvalue weighted by Gasteiger charge is -2.06. The van der Waals surface area contributed by atoms with Gasteiger partial charge in [0.25, 0.3) is 0 Å². The maximum Gasteiger partial charge on any atom is 0.305 e. The molecule has 0 unspecified atom stereocenters. The number of carbonyl (C=O) groups is 1. The van der Waals surface area contributed by atoms with E-state index in [9.17, 15) is 4.79 Å². The minimum Gasteiger partial charge on any atom is -0.466 e. The number of ether oxygens (including phenoxy) is 1. The van der Waals surface area contributed by atoms with Crippen LogP contribution in [0.4, 0.5) is 0 Å². The van der Waals surface area contributed by atoms with E-state index in [1.807, 2.05) is 0 Å². The molecule has 0 aliphatic heterocycles. The van der Waals surface area contributed by atoms with Gasteiger partial charge in [-0.25, -0.2) is 0 Å². The van der Waals surface area contributed by atoms with Gasteiger partial charge in [0, 0.05) is 6.42 Å². The zero-order valence-corrected chi connectivity index (χ0v) is 35.1. The summed E-state index contributed by atoms with van der Waals surface area (Å²) in [5, 5.41) is 0. The molecule has 0 aromatic rings. The molecule has 0 fully saturated rings. The summed E-state index contributed by atoms with van der Waals surface area (Å²) in [5.41, 5.74) is 0. The van der Waals surface area contributed by atoms with E-state index in [0.29, 0.717) is 13.0 Å². The molecule has 0 heterocycles. The summed E-state index contributed by atoms with van der Waals surface area (Å²) in [4.78, 5) is 12.0. The number of esters is 1. The van der Waals surface area contributed by atoms with E-state index >= 15 is 0 Å². The molecule has 2 nitrogen and oxygen atoms in total. The fraction of sp³-hybridized carbons (Fsp3) is 0.979. The lowest BCUT2D eigenvalue weighted by Crippen LogP contribution is -2.05. The summed E-state index contributed by atoms with van der Waals surface area (Å²) in [6.45, 7) is 5.23. The second-order valence-electron chi connectivity index (χ2n) is 16.5. The summed E-state index contributed by atoms with van der Waals surface area (Å²) in [7, 11) is 0. The molecule has 0 radical (unpaired) electrons. The number of hydrogen-bond donors (Lipinski definition) is 0. The van der Waals surface area contributed by atoms with Crippen molar-refractivity contribution in [1.29, 1.82) is 0 Å². The van der Waals surface area contributed by atoms with Crippen molar-refractivity contribution in [2.75, 3.05) is 6.61 Å². The van der Waals surface area contributed by atoms with Crippen LogP contribution in [0.2, 0.25) is 0 Å². The fourth-order valence-electron chi connectivity index (χ4n) is 7.67. The molecule has 0 saturated carbocycles. The predicted molar refractivity (Wildman–Crippen MR) is 225 cm³/mol. The highest BCUT2D eigenvalue weighted by Gasteiger charge is 2.03. The average molecular weight is 705 g/mol. The van der Waals surface area contributed by atoms with Crippen LogP contribution >= 0.6 is 0 Å². The molecule has 0 saturated heterocycles. The van der Waals surface area contributed by atoms with E-state index in [0.717, 1.165) is 12.8 Å². The van der Waals surface area contributed by atoms with E-state index < -0.39 is 0 Å². The van der Waals surface area contributed by atoms with Crippen LogP contribution in [0.3, 0.4) is 0 Å². The Balaban J connectivity index is 3.13. The number of rotatable bonds is 45. The van der Waals surface area contributed by atoms with Gasteiger partial charge in [-0.3, -0.25) is 4.79 Å². The first-order chi connectivity index (χ1) is 24.8. The van der Waals surface area contributed by atoms with Crippen molar-refractivity contribution in [2.45, 2.75) is 296 Å². The van der Waals surface area contributed by atoms with Crippen molar-refractivity contribution in [3.8, 4) is 0 Å². The maximum atomic E-state index is 12.0. The number of hydrogen-bond acceptors (Lipinski definition) is 2. The summed E-state index contributed by atoms with van der Waals surface area (Å²) >= 11 is 0. The molecule has 0 spiro atoms. The van der Waals surface area contributed by atoms with Crippen molar-refractivity contribution in [3.05, 3.63) is 0 Å². The van der Waals surface area contributed by atoms with Crippen LogP contribution in [0.1, 0.15) is 296 Å². The summed E-state index contributed by atoms with van der Waals surface area (Å²) in [5.74, 6) is 0.0326. The van der Waals surface area contributed by atoms with Crippen molar-refractivity contribution in [3.63, 3.8) is 0 Å². The largest absolute Gasteiger partial charge is 0.466 e. The third-order valence-corrected chi connectivity index (χ3v) is 11.2. The van der Waals surface area contributed by atoms with E-state index in [1.54, 1.807) is 0 Å². The highest BCUT2D eigenvalue weighted by Crippen LogP contribution is 2.17. The second kappa shape index (κ2) is 46.5. The maximum absolute atomic E-state index is 12.0. The highest BCUT2D eigenvalue weighted by atomic mass is 16.5. The molecule has 50 heavy (non-hydrogen) atoms. The third kappa shape index (κ3) is 45.5. The second-order valence-corrected chi connectivity index (χ2v) is 16.5. The van der Waals surface area contributed by atoms with Crippen molar-refractivity contribution >= 4 is 5.97 Å². The van der Waals surface area contributed by atoms with Crippen LogP contribution in [-0.4, -0.2) is 12.6 Å². The molecule has 0 aromatic carbocycles. The summed E-state index contributed by atoms with van der Waals surface area (Å²) in [6, 6.07) is 0. The van der Waals surface area contributed by atoms with Crippen LogP contribution in [0.15, 0.2) is 0 Å². The normalized spacial score (nSPS) is 11.5. The molecule has 0 rings (SSSR count). The third-order valence-electron chi connectivity index (χ3n) is 11.2. The summed E-state index contributed by atoms with van der Waals surface area (Å²) < 4.78 is 5.48. The van der Waals surface area contributed by atoms with Gasteiger partial charge in [0.2, 0.25) is 0 Å². The molecule has 0 atom stereocenters. The quantitative estimate of drug-likeness (QED) is 0.0466. The number of carbonyl (C=O) groups excluding carboxylic acids is 1. The van der Waals surface area contributed by atoms with Crippen LogP contribution in [0.25, 0.3) is 0 Å². The van der Waals surface area contributed by atoms with Gasteiger partial charge in [-0.05, 0) is 12.8 Å². The standard InChI is InChI=1S/C48H96O2/c1-3-5-7-9-11-13-15-17-19-20-21-22-23-24-25-26-27-28-29-30-31-32-34-36-38-40-42-44-46-48(49)50-47-45-43-41-39-37-35-33-18-16-14-12-10-8-6-4-2/h3-47H2,1-2H3. The molecular formula is C48H96O2. The Bertz CT molecular complexity index is 601. The predicted octanol–water partition coefficient (Wildman–Crippen LogP) is 17.7. The minimum absolute atomic E-state index is 0.0326. The molecule has 300 valence electrons. The van der Waals surface area contributed by atoms with Gasteiger partial charge < -0.3 is 4.74 Å². The zero-order chi connectivity index (χ0) is 36.1. The molecule has 0 N–H and O–H groups in total. The zero-order valence-electron chi connectivity index (χ0n) is 35.1. The summed E-state index contributed by atoms with van der Waals surface area (Å²) in [6.07, 6.45) is 60.9. The van der Waals surface area contributed by atoms with Crippen molar-refractivity contribution in [1.82, 2.24) is 0 Å². The van der Waals surface area contributed by atoms with E-state index in [1.165, 1.54) is 263 Å². The van der Waals surface area contributed by atoms with E-state index in [-0.39, 0.29) is 5.97 Å². The molecule has 0 aliphatic rings. The van der Waals surface area contributed by atoms with Crippen molar-refractivity contribution < 1.29 is 9.53 Å². The van der Waals surface area contributed by atoms with Crippen molar-refractivity contribution in [2.24, 2.45) is 0 Å². The van der Waals surface area contributed by atoms with Gasteiger partial charge in [-0.2, -0.15) is 0 Å². The SMILES string of the molecule is CCCCCCCCCCCCCCCCCCCCCCCCCCCCCCC(=O)OCCCCCCCCCCCCCCCCC. The van der Waals surface area contributed by atoms with Gasteiger partial charge in [0.1, 0.15) is 0 Å². The van der Waals surface area contributed by atoms with Gasteiger partial charge in [0.05, 0.1) is 6.61 Å². The van der Waals surface area contributed by atoms with Gasteiger partial charge >= 0.3 is 5.97 Å². The molecule has 0 bridgehead atoms. The Kier molecular flexibility index (Phi) is 46.0. The minimum atomic E-state index is 0.0326.